The zero-order valence-electron chi connectivity index (χ0n) is 16.0. The molecule has 1 atom stereocenters. The molecule has 0 saturated carbocycles. The van der Waals surface area contributed by atoms with E-state index in [2.05, 4.69) is 45.5 Å². The van der Waals surface area contributed by atoms with E-state index in [-0.39, 0.29) is 24.0 Å². The highest BCUT2D eigenvalue weighted by Gasteiger charge is 2.18. The summed E-state index contributed by atoms with van der Waals surface area (Å²) in [5.41, 5.74) is 12.0. The van der Waals surface area contributed by atoms with Crippen molar-refractivity contribution in [3.8, 4) is 0 Å². The zero-order valence-corrected chi connectivity index (χ0v) is 18.3. The number of nitrogens with two attached hydrogens (primary N) is 1. The van der Waals surface area contributed by atoms with Crippen LogP contribution >= 0.6 is 24.0 Å². The lowest BCUT2D eigenvalue weighted by Gasteiger charge is -2.30. The number of rotatable bonds is 5. The molecular weight excluding hydrogens is 451 g/mol. The molecule has 146 valence electrons. The number of nitrogens with zero attached hydrogens (tertiary/aromatic N) is 2. The molecule has 1 unspecified atom stereocenters. The Balaban J connectivity index is 0.00000261. The van der Waals surface area contributed by atoms with Gasteiger partial charge in [-0.2, -0.15) is 0 Å². The van der Waals surface area contributed by atoms with E-state index in [0.717, 1.165) is 25.2 Å². The quantitative estimate of drug-likeness (QED) is 0.350. The molecule has 1 heterocycles. The Labute approximate surface area is 178 Å². The van der Waals surface area contributed by atoms with Crippen LogP contribution in [0.4, 0.5) is 5.69 Å². The van der Waals surface area contributed by atoms with Crippen LogP contribution in [0.15, 0.2) is 47.5 Å². The van der Waals surface area contributed by atoms with Crippen molar-refractivity contribution in [2.24, 2.45) is 10.7 Å². The molecule has 1 aliphatic rings. The Bertz CT molecular complexity index is 773. The number of aryl methyl sites for hydroxylation is 2. The fourth-order valence-electron chi connectivity index (χ4n) is 3.50. The number of aliphatic hydroxyl groups excluding tert-OH is 1. The number of benzene rings is 2. The molecule has 0 aliphatic carbocycles. The van der Waals surface area contributed by atoms with Crippen molar-refractivity contribution in [2.45, 2.75) is 32.9 Å². The number of hydrogen-bond acceptors (Lipinski definition) is 3. The number of β-amino-alcohol motifs (C(OH)–C–C–N with tert-alkyl or cyclic N) is 1. The summed E-state index contributed by atoms with van der Waals surface area (Å²) in [6.45, 7) is 6.84. The predicted molar refractivity (Wildman–Crippen MR) is 123 cm³/mol. The van der Waals surface area contributed by atoms with Gasteiger partial charge in [0.05, 0.1) is 12.6 Å². The van der Waals surface area contributed by atoms with Gasteiger partial charge in [0.25, 0.3) is 0 Å². The zero-order chi connectivity index (χ0) is 18.5. The fraction of sp³-hybridized carbons (Fsp3) is 0.381. The van der Waals surface area contributed by atoms with Gasteiger partial charge >= 0.3 is 0 Å². The third kappa shape index (κ3) is 6.48. The van der Waals surface area contributed by atoms with Crippen LogP contribution in [0.25, 0.3) is 0 Å². The average molecular weight is 480 g/mol. The molecule has 0 spiro atoms. The van der Waals surface area contributed by atoms with E-state index >= 15 is 0 Å². The number of fused-ring (bicyclic) bond motifs is 1. The second-order valence-electron chi connectivity index (χ2n) is 7.13. The van der Waals surface area contributed by atoms with Crippen LogP contribution in [0.3, 0.4) is 0 Å². The van der Waals surface area contributed by atoms with Crippen molar-refractivity contribution >= 4 is 35.6 Å². The number of nitrogens with one attached hydrogen (secondary N) is 1. The maximum Gasteiger partial charge on any atom is 0.193 e. The summed E-state index contributed by atoms with van der Waals surface area (Å²) in [6.07, 6.45) is 0.502. The van der Waals surface area contributed by atoms with Crippen molar-refractivity contribution in [2.75, 3.05) is 25.0 Å². The minimum atomic E-state index is -0.528. The van der Waals surface area contributed by atoms with E-state index in [1.54, 1.807) is 0 Å². The summed E-state index contributed by atoms with van der Waals surface area (Å²) in [5.74, 6) is 0.332. The van der Waals surface area contributed by atoms with Crippen molar-refractivity contribution in [1.29, 1.82) is 0 Å². The van der Waals surface area contributed by atoms with Crippen molar-refractivity contribution in [3.05, 3.63) is 64.7 Å². The molecule has 0 saturated heterocycles. The molecule has 5 nitrogen and oxygen atoms in total. The maximum atomic E-state index is 10.3. The van der Waals surface area contributed by atoms with Gasteiger partial charge in [0.15, 0.2) is 5.96 Å². The minimum absolute atomic E-state index is 0. The molecule has 2 aromatic carbocycles. The van der Waals surface area contributed by atoms with Gasteiger partial charge in [0.2, 0.25) is 0 Å². The Morgan fingerprint density at radius 3 is 2.56 bits per heavy atom. The van der Waals surface area contributed by atoms with Gasteiger partial charge < -0.3 is 16.2 Å². The number of guanidine groups is 1. The first kappa shape index (κ1) is 21.7. The summed E-state index contributed by atoms with van der Waals surface area (Å²) >= 11 is 0. The van der Waals surface area contributed by atoms with E-state index in [1.165, 1.54) is 22.3 Å². The van der Waals surface area contributed by atoms with E-state index < -0.39 is 6.10 Å². The third-order valence-corrected chi connectivity index (χ3v) is 4.65. The molecule has 0 amide bonds. The normalized spacial score (nSPS) is 15.6. The summed E-state index contributed by atoms with van der Waals surface area (Å²) < 4.78 is 0. The Morgan fingerprint density at radius 1 is 1.19 bits per heavy atom. The molecule has 3 rings (SSSR count). The predicted octanol–water partition coefficient (Wildman–Crippen LogP) is 3.07. The molecule has 4 N–H and O–H groups in total. The molecular formula is C21H29IN4O. The maximum absolute atomic E-state index is 10.3. The molecule has 1 aliphatic heterocycles. The van der Waals surface area contributed by atoms with Gasteiger partial charge in [0, 0.05) is 25.3 Å². The van der Waals surface area contributed by atoms with Crippen LogP contribution in [0.1, 0.15) is 22.3 Å². The molecule has 0 aromatic heterocycles. The van der Waals surface area contributed by atoms with Gasteiger partial charge in [-0.3, -0.25) is 9.89 Å². The van der Waals surface area contributed by atoms with Crippen LogP contribution < -0.4 is 11.1 Å². The van der Waals surface area contributed by atoms with Gasteiger partial charge in [0.1, 0.15) is 0 Å². The Morgan fingerprint density at radius 2 is 1.85 bits per heavy atom. The molecule has 0 fully saturated rings. The number of hydrogen-bond donors (Lipinski definition) is 3. The van der Waals surface area contributed by atoms with E-state index in [4.69, 9.17) is 5.73 Å². The van der Waals surface area contributed by atoms with Gasteiger partial charge in [-0.05, 0) is 54.7 Å². The number of aliphatic imine (C=N–C) groups is 1. The van der Waals surface area contributed by atoms with Crippen LogP contribution in [-0.2, 0) is 13.0 Å². The van der Waals surface area contributed by atoms with Crippen LogP contribution in [0.5, 0.6) is 0 Å². The SMILES string of the molecule is Cc1cc(C)cc(NC(N)=NCC(O)CN2CCc3ccccc3C2)c1.I. The first-order valence-electron chi connectivity index (χ1n) is 9.12. The van der Waals surface area contributed by atoms with Gasteiger partial charge in [-0.25, -0.2) is 0 Å². The van der Waals surface area contributed by atoms with E-state index in [1.807, 2.05) is 26.0 Å². The lowest BCUT2D eigenvalue weighted by atomic mass is 10.00. The fourth-order valence-corrected chi connectivity index (χ4v) is 3.50. The summed E-state index contributed by atoms with van der Waals surface area (Å²) in [6, 6.07) is 14.7. The van der Waals surface area contributed by atoms with Crippen molar-refractivity contribution in [3.63, 3.8) is 0 Å². The molecule has 2 aromatic rings. The number of aliphatic hydroxyl groups is 1. The first-order chi connectivity index (χ1) is 12.5. The molecule has 6 heteroatoms. The highest BCUT2D eigenvalue weighted by Crippen LogP contribution is 2.18. The summed E-state index contributed by atoms with van der Waals surface area (Å²) in [4.78, 5) is 6.57. The van der Waals surface area contributed by atoms with Gasteiger partial charge in [-0.1, -0.05) is 30.3 Å². The molecule has 27 heavy (non-hydrogen) atoms. The lowest BCUT2D eigenvalue weighted by molar-refractivity contribution is 0.112. The second-order valence-corrected chi connectivity index (χ2v) is 7.13. The van der Waals surface area contributed by atoms with Crippen molar-refractivity contribution in [1.82, 2.24) is 4.90 Å². The minimum Gasteiger partial charge on any atom is -0.390 e. The number of halogens is 1. The molecule has 0 bridgehead atoms. The largest absolute Gasteiger partial charge is 0.390 e. The topological polar surface area (TPSA) is 73.9 Å². The van der Waals surface area contributed by atoms with Crippen LogP contribution in [-0.4, -0.2) is 41.7 Å². The van der Waals surface area contributed by atoms with E-state index in [0.29, 0.717) is 19.0 Å². The monoisotopic (exact) mass is 480 g/mol. The number of anilines is 1. The smallest absolute Gasteiger partial charge is 0.193 e. The average Bonchev–Trinajstić information content (AvgIpc) is 2.59. The highest BCUT2D eigenvalue weighted by molar-refractivity contribution is 14.0. The summed E-state index contributed by atoms with van der Waals surface area (Å²) in [5, 5.41) is 13.4. The highest BCUT2D eigenvalue weighted by atomic mass is 127. The van der Waals surface area contributed by atoms with E-state index in [9.17, 15) is 5.11 Å². The molecule has 0 radical (unpaired) electrons. The van der Waals surface area contributed by atoms with Gasteiger partial charge in [-0.15, -0.1) is 24.0 Å². The standard InChI is InChI=1S/C21H28N4O.HI/c1-15-9-16(2)11-19(10-15)24-21(22)23-12-20(26)14-25-8-7-17-5-3-4-6-18(17)13-25;/h3-6,9-11,20,26H,7-8,12-14H2,1-2H3,(H3,22,23,24);1H. The van der Waals surface area contributed by atoms with Crippen LogP contribution in [0.2, 0.25) is 0 Å². The van der Waals surface area contributed by atoms with Crippen molar-refractivity contribution < 1.29 is 5.11 Å². The summed E-state index contributed by atoms with van der Waals surface area (Å²) in [7, 11) is 0. The second kappa shape index (κ2) is 10.1. The Kier molecular flexibility index (Phi) is 8.07. The van der Waals surface area contributed by atoms with Crippen LogP contribution in [0, 0.1) is 13.8 Å². The first-order valence-corrected chi connectivity index (χ1v) is 9.12. The Hall–Kier alpha value is -1.64. The lowest BCUT2D eigenvalue weighted by Crippen LogP contribution is -2.38. The third-order valence-electron chi connectivity index (χ3n) is 4.65.